The molecule has 0 aliphatic carbocycles. The molecule has 1 aliphatic rings. The van der Waals surface area contributed by atoms with E-state index in [-0.39, 0.29) is 29.7 Å². The van der Waals surface area contributed by atoms with Crippen LogP contribution in [0.3, 0.4) is 0 Å². The van der Waals surface area contributed by atoms with E-state index in [1.807, 2.05) is 12.1 Å². The number of benzene rings is 1. The van der Waals surface area contributed by atoms with Gasteiger partial charge in [0.15, 0.2) is 5.96 Å². The number of aliphatic imine (C=N–C) groups is 1. The summed E-state index contributed by atoms with van der Waals surface area (Å²) in [7, 11) is 1.75. The minimum Gasteiger partial charge on any atom is -0.508 e. The average Bonchev–Trinajstić information content (AvgIpc) is 2.60. The van der Waals surface area contributed by atoms with Crippen molar-refractivity contribution in [3.8, 4) is 5.75 Å². The molecule has 0 atom stereocenters. The van der Waals surface area contributed by atoms with Gasteiger partial charge < -0.3 is 25.4 Å². The Morgan fingerprint density at radius 3 is 2.56 bits per heavy atom. The van der Waals surface area contributed by atoms with Gasteiger partial charge in [0.1, 0.15) is 5.75 Å². The number of nitrogens with one attached hydrogen (secondary N) is 2. The van der Waals surface area contributed by atoms with Crippen LogP contribution in [-0.2, 0) is 11.3 Å². The van der Waals surface area contributed by atoms with Crippen LogP contribution in [0.25, 0.3) is 0 Å². The molecule has 3 N–H and O–H groups in total. The molecule has 142 valence electrons. The highest BCUT2D eigenvalue weighted by Gasteiger charge is 2.19. The maximum Gasteiger partial charge on any atom is 0.191 e. The number of rotatable bonds is 7. The van der Waals surface area contributed by atoms with E-state index in [1.54, 1.807) is 19.2 Å². The van der Waals surface area contributed by atoms with E-state index in [2.05, 4.69) is 27.4 Å². The fourth-order valence-corrected chi connectivity index (χ4v) is 2.81. The Kier molecular flexibility index (Phi) is 10.8. The molecule has 1 aliphatic heterocycles. The van der Waals surface area contributed by atoms with Crippen LogP contribution < -0.4 is 10.6 Å². The molecule has 0 saturated carbocycles. The number of nitrogens with zero attached hydrogens (tertiary/aromatic N) is 2. The molecular formula is C18H31IN4O2. The van der Waals surface area contributed by atoms with Crippen molar-refractivity contribution in [3.05, 3.63) is 29.8 Å². The molecule has 2 rings (SSSR count). The number of guanidine groups is 1. The Balaban J connectivity index is 0.00000312. The summed E-state index contributed by atoms with van der Waals surface area (Å²) in [5, 5.41) is 16.2. The second kappa shape index (κ2) is 12.3. The first-order valence-corrected chi connectivity index (χ1v) is 8.75. The Morgan fingerprint density at radius 2 is 1.96 bits per heavy atom. The second-order valence-corrected chi connectivity index (χ2v) is 6.11. The van der Waals surface area contributed by atoms with Gasteiger partial charge in [-0.1, -0.05) is 12.1 Å². The van der Waals surface area contributed by atoms with E-state index in [4.69, 9.17) is 4.74 Å². The fourth-order valence-electron chi connectivity index (χ4n) is 2.81. The normalized spacial score (nSPS) is 16.3. The fraction of sp³-hybridized carbons (Fsp3) is 0.611. The molecule has 1 saturated heterocycles. The van der Waals surface area contributed by atoms with Gasteiger partial charge in [-0.05, 0) is 37.5 Å². The van der Waals surface area contributed by atoms with Gasteiger partial charge in [-0.25, -0.2) is 4.99 Å². The number of hydrogen-bond acceptors (Lipinski definition) is 4. The van der Waals surface area contributed by atoms with Gasteiger partial charge in [0, 0.05) is 39.3 Å². The Labute approximate surface area is 168 Å². The molecule has 0 spiro atoms. The van der Waals surface area contributed by atoms with Gasteiger partial charge in [0.05, 0.1) is 13.2 Å². The summed E-state index contributed by atoms with van der Waals surface area (Å²) in [6, 6.07) is 7.65. The third-order valence-electron chi connectivity index (χ3n) is 4.24. The third kappa shape index (κ3) is 8.24. The number of likely N-dealkylation sites (tertiary alicyclic amines) is 1. The standard InChI is InChI=1S/C18H30N4O2.HI/c1-3-19-18(20-14-15-4-6-17(23)7-5-15)21-16-8-10-22(11-9-16)12-13-24-2;/h4-7,16,23H,3,8-14H2,1-2H3,(H2,19,20,21);1H. The lowest BCUT2D eigenvalue weighted by atomic mass is 10.1. The van der Waals surface area contributed by atoms with Gasteiger partial charge in [-0.3, -0.25) is 0 Å². The van der Waals surface area contributed by atoms with Crippen molar-refractivity contribution in [1.29, 1.82) is 0 Å². The smallest absolute Gasteiger partial charge is 0.191 e. The van der Waals surface area contributed by atoms with Crippen LogP contribution in [0.5, 0.6) is 5.75 Å². The maximum atomic E-state index is 9.34. The largest absolute Gasteiger partial charge is 0.508 e. The Bertz CT molecular complexity index is 502. The van der Waals surface area contributed by atoms with Crippen LogP contribution >= 0.6 is 24.0 Å². The zero-order chi connectivity index (χ0) is 17.2. The Hall–Kier alpha value is -1.06. The zero-order valence-electron chi connectivity index (χ0n) is 15.2. The predicted molar refractivity (Wildman–Crippen MR) is 113 cm³/mol. The predicted octanol–water partition coefficient (Wildman–Crippen LogP) is 2.18. The molecular weight excluding hydrogens is 431 g/mol. The molecule has 0 aromatic heterocycles. The average molecular weight is 462 g/mol. The Morgan fingerprint density at radius 1 is 1.28 bits per heavy atom. The van der Waals surface area contributed by atoms with Crippen LogP contribution in [0.2, 0.25) is 0 Å². The van der Waals surface area contributed by atoms with E-state index in [0.717, 1.165) is 57.2 Å². The third-order valence-corrected chi connectivity index (χ3v) is 4.24. The van der Waals surface area contributed by atoms with E-state index < -0.39 is 0 Å². The monoisotopic (exact) mass is 462 g/mol. The number of phenols is 1. The first kappa shape index (κ1) is 22.0. The number of ether oxygens (including phenoxy) is 1. The van der Waals surface area contributed by atoms with E-state index in [0.29, 0.717) is 12.6 Å². The molecule has 6 nitrogen and oxygen atoms in total. The van der Waals surface area contributed by atoms with Crippen molar-refractivity contribution in [1.82, 2.24) is 15.5 Å². The molecule has 1 aromatic carbocycles. The van der Waals surface area contributed by atoms with Crippen molar-refractivity contribution < 1.29 is 9.84 Å². The first-order chi connectivity index (χ1) is 11.7. The van der Waals surface area contributed by atoms with Gasteiger partial charge in [-0.2, -0.15) is 0 Å². The summed E-state index contributed by atoms with van der Waals surface area (Å²) < 4.78 is 5.15. The summed E-state index contributed by atoms with van der Waals surface area (Å²) in [6.07, 6.45) is 2.24. The lowest BCUT2D eigenvalue weighted by Gasteiger charge is -2.32. The van der Waals surface area contributed by atoms with Crippen molar-refractivity contribution in [2.75, 3.05) is 39.9 Å². The zero-order valence-corrected chi connectivity index (χ0v) is 17.5. The number of hydrogen-bond donors (Lipinski definition) is 3. The SMILES string of the molecule is CCNC(=NCc1ccc(O)cc1)NC1CCN(CCOC)CC1.I. The topological polar surface area (TPSA) is 69.1 Å². The van der Waals surface area contributed by atoms with Crippen molar-refractivity contribution in [2.45, 2.75) is 32.4 Å². The molecule has 7 heteroatoms. The minimum atomic E-state index is 0. The van der Waals surface area contributed by atoms with E-state index in [9.17, 15) is 5.11 Å². The van der Waals surface area contributed by atoms with Crippen molar-refractivity contribution in [2.24, 2.45) is 4.99 Å². The molecule has 0 amide bonds. The van der Waals surface area contributed by atoms with Crippen LogP contribution in [0.15, 0.2) is 29.3 Å². The van der Waals surface area contributed by atoms with Crippen LogP contribution in [-0.4, -0.2) is 61.9 Å². The molecule has 0 bridgehead atoms. The molecule has 1 heterocycles. The summed E-state index contributed by atoms with van der Waals surface area (Å²) in [5.74, 6) is 1.15. The summed E-state index contributed by atoms with van der Waals surface area (Å²) in [5.41, 5.74) is 1.08. The summed E-state index contributed by atoms with van der Waals surface area (Å²) in [4.78, 5) is 7.10. The van der Waals surface area contributed by atoms with Crippen LogP contribution in [0.1, 0.15) is 25.3 Å². The highest BCUT2D eigenvalue weighted by atomic mass is 127. The molecule has 0 radical (unpaired) electrons. The number of phenolic OH excluding ortho intramolecular Hbond substituents is 1. The molecule has 25 heavy (non-hydrogen) atoms. The summed E-state index contributed by atoms with van der Waals surface area (Å²) >= 11 is 0. The van der Waals surface area contributed by atoms with E-state index in [1.165, 1.54) is 0 Å². The highest BCUT2D eigenvalue weighted by molar-refractivity contribution is 14.0. The molecule has 0 unspecified atom stereocenters. The molecule has 1 aromatic rings. The highest BCUT2D eigenvalue weighted by Crippen LogP contribution is 2.11. The number of piperidine rings is 1. The van der Waals surface area contributed by atoms with Gasteiger partial charge in [-0.15, -0.1) is 24.0 Å². The number of methoxy groups -OCH3 is 1. The summed E-state index contributed by atoms with van der Waals surface area (Å²) in [6.45, 7) is 7.52. The lowest BCUT2D eigenvalue weighted by Crippen LogP contribution is -2.49. The van der Waals surface area contributed by atoms with Gasteiger partial charge in [0.25, 0.3) is 0 Å². The lowest BCUT2D eigenvalue weighted by molar-refractivity contribution is 0.128. The number of aromatic hydroxyl groups is 1. The first-order valence-electron chi connectivity index (χ1n) is 8.75. The van der Waals surface area contributed by atoms with Gasteiger partial charge in [0.2, 0.25) is 0 Å². The van der Waals surface area contributed by atoms with Crippen LogP contribution in [0.4, 0.5) is 0 Å². The van der Waals surface area contributed by atoms with Crippen molar-refractivity contribution >= 4 is 29.9 Å². The quantitative estimate of drug-likeness (QED) is 0.329. The van der Waals surface area contributed by atoms with E-state index >= 15 is 0 Å². The second-order valence-electron chi connectivity index (χ2n) is 6.11. The maximum absolute atomic E-state index is 9.34. The minimum absolute atomic E-state index is 0. The van der Waals surface area contributed by atoms with Crippen LogP contribution in [0, 0.1) is 0 Å². The molecule has 1 fully saturated rings. The van der Waals surface area contributed by atoms with Crippen molar-refractivity contribution in [3.63, 3.8) is 0 Å². The van der Waals surface area contributed by atoms with Gasteiger partial charge >= 0.3 is 0 Å². The number of halogens is 1.